The van der Waals surface area contributed by atoms with Crippen molar-refractivity contribution in [2.45, 2.75) is 18.6 Å². The number of anilines is 3. The molecule has 2 aliphatic rings. The van der Waals surface area contributed by atoms with Gasteiger partial charge in [0.05, 0.1) is 42.3 Å². The number of nitrogens with zero attached hydrogens (tertiary/aromatic N) is 2. The van der Waals surface area contributed by atoms with E-state index in [0.29, 0.717) is 36.9 Å². The number of rotatable bonds is 4. The molecule has 2 saturated heterocycles. The van der Waals surface area contributed by atoms with E-state index >= 15 is 0 Å². The van der Waals surface area contributed by atoms with Crippen LogP contribution in [-0.4, -0.2) is 44.2 Å². The number of benzene rings is 2. The molecule has 1 atom stereocenters. The Kier molecular flexibility index (Phi) is 5.38. The Balaban J connectivity index is 1.60. The minimum absolute atomic E-state index is 0.220. The number of morpholine rings is 1. The summed E-state index contributed by atoms with van der Waals surface area (Å²) in [6.45, 7) is 2.52. The zero-order chi connectivity index (χ0) is 21.3. The van der Waals surface area contributed by atoms with Crippen LogP contribution in [0.15, 0.2) is 48.5 Å². The fraction of sp³-hybridized carbons (Fsp3) is 0.333. The summed E-state index contributed by atoms with van der Waals surface area (Å²) in [7, 11) is 0. The summed E-state index contributed by atoms with van der Waals surface area (Å²) < 4.78 is 45.5. The number of hydrogen-bond donors (Lipinski definition) is 1. The molecule has 2 fully saturated rings. The molecule has 30 heavy (non-hydrogen) atoms. The number of carbonyl (C=O) groups excluding carboxylic acids is 2. The number of ether oxygens (including phenoxy) is 1. The van der Waals surface area contributed by atoms with Gasteiger partial charge in [-0.25, -0.2) is 4.90 Å². The molecule has 2 aliphatic heterocycles. The highest BCUT2D eigenvalue weighted by atomic mass is 19.4. The van der Waals surface area contributed by atoms with Gasteiger partial charge in [-0.1, -0.05) is 24.3 Å². The van der Waals surface area contributed by atoms with Crippen LogP contribution in [0.2, 0.25) is 0 Å². The molecule has 2 amide bonds. The molecule has 2 aromatic rings. The summed E-state index contributed by atoms with van der Waals surface area (Å²) in [4.78, 5) is 28.2. The first kappa shape index (κ1) is 20.2. The Hall–Kier alpha value is -3.07. The van der Waals surface area contributed by atoms with Crippen molar-refractivity contribution in [3.8, 4) is 0 Å². The highest BCUT2D eigenvalue weighted by Gasteiger charge is 2.44. The lowest BCUT2D eigenvalue weighted by molar-refractivity contribution is -0.137. The molecule has 0 unspecified atom stereocenters. The van der Waals surface area contributed by atoms with Gasteiger partial charge in [0.2, 0.25) is 5.91 Å². The van der Waals surface area contributed by atoms with Gasteiger partial charge < -0.3 is 15.0 Å². The Bertz CT molecular complexity index is 958. The second kappa shape index (κ2) is 7.98. The standard InChI is InChI=1S/C21H20F3N3O3/c22-21(23,24)14-5-1-3-7-17(14)27-19(28)13-16(20(27)29)25-15-6-2-4-8-18(15)26-9-11-30-12-10-26/h1-8,16,25H,9-13H2/t16-/m1/s1. The number of nitrogens with one attached hydrogen (secondary N) is 1. The average molecular weight is 419 g/mol. The molecule has 4 rings (SSSR count). The molecule has 0 saturated carbocycles. The Morgan fingerprint density at radius 2 is 1.57 bits per heavy atom. The molecule has 0 aromatic heterocycles. The van der Waals surface area contributed by atoms with Crippen molar-refractivity contribution < 1.29 is 27.5 Å². The van der Waals surface area contributed by atoms with Gasteiger partial charge in [0.1, 0.15) is 6.04 Å². The van der Waals surface area contributed by atoms with Crippen LogP contribution in [0.3, 0.4) is 0 Å². The first-order valence-corrected chi connectivity index (χ1v) is 9.57. The molecule has 0 bridgehead atoms. The fourth-order valence-electron chi connectivity index (χ4n) is 3.77. The number of carbonyl (C=O) groups is 2. The molecule has 9 heteroatoms. The Labute approximate surface area is 171 Å². The van der Waals surface area contributed by atoms with Crippen LogP contribution in [0.25, 0.3) is 0 Å². The number of alkyl halides is 3. The van der Waals surface area contributed by atoms with Crippen molar-refractivity contribution in [1.29, 1.82) is 0 Å². The fourth-order valence-corrected chi connectivity index (χ4v) is 3.77. The van der Waals surface area contributed by atoms with E-state index in [4.69, 9.17) is 4.74 Å². The number of imide groups is 1. The van der Waals surface area contributed by atoms with Gasteiger partial charge in [0, 0.05) is 13.1 Å². The van der Waals surface area contributed by atoms with Crippen molar-refractivity contribution in [1.82, 2.24) is 0 Å². The lowest BCUT2D eigenvalue weighted by Crippen LogP contribution is -2.38. The smallest absolute Gasteiger partial charge is 0.378 e. The van der Waals surface area contributed by atoms with Gasteiger partial charge in [-0.15, -0.1) is 0 Å². The maximum absolute atomic E-state index is 13.4. The van der Waals surface area contributed by atoms with Crippen LogP contribution in [0.1, 0.15) is 12.0 Å². The summed E-state index contributed by atoms with van der Waals surface area (Å²) >= 11 is 0. The number of hydrogen-bond acceptors (Lipinski definition) is 5. The molecule has 0 aliphatic carbocycles. The molecular formula is C21H20F3N3O3. The van der Waals surface area contributed by atoms with Crippen molar-refractivity contribution >= 4 is 28.9 Å². The predicted octanol–water partition coefficient (Wildman–Crippen LogP) is 3.29. The van der Waals surface area contributed by atoms with E-state index in [1.54, 1.807) is 12.1 Å². The van der Waals surface area contributed by atoms with Crippen molar-refractivity contribution in [3.63, 3.8) is 0 Å². The third-order valence-corrected chi connectivity index (χ3v) is 5.18. The van der Waals surface area contributed by atoms with Crippen LogP contribution in [0, 0.1) is 0 Å². The maximum Gasteiger partial charge on any atom is 0.418 e. The van der Waals surface area contributed by atoms with Crippen LogP contribution in [0.5, 0.6) is 0 Å². The van der Waals surface area contributed by atoms with Gasteiger partial charge >= 0.3 is 6.18 Å². The third-order valence-electron chi connectivity index (χ3n) is 5.18. The van der Waals surface area contributed by atoms with E-state index < -0.39 is 35.3 Å². The van der Waals surface area contributed by atoms with Gasteiger partial charge in [-0.3, -0.25) is 9.59 Å². The molecule has 6 nitrogen and oxygen atoms in total. The second-order valence-corrected chi connectivity index (χ2v) is 7.10. The van der Waals surface area contributed by atoms with E-state index in [2.05, 4.69) is 10.2 Å². The molecule has 1 N–H and O–H groups in total. The minimum atomic E-state index is -4.67. The lowest BCUT2D eigenvalue weighted by atomic mass is 10.1. The molecule has 158 valence electrons. The Morgan fingerprint density at radius 3 is 2.27 bits per heavy atom. The van der Waals surface area contributed by atoms with Gasteiger partial charge in [0.25, 0.3) is 5.91 Å². The molecule has 2 heterocycles. The third kappa shape index (κ3) is 3.85. The van der Waals surface area contributed by atoms with E-state index in [0.717, 1.165) is 17.8 Å². The predicted molar refractivity (Wildman–Crippen MR) is 105 cm³/mol. The zero-order valence-electron chi connectivity index (χ0n) is 16.0. The van der Waals surface area contributed by atoms with Gasteiger partial charge in [-0.05, 0) is 24.3 Å². The van der Waals surface area contributed by atoms with E-state index in [9.17, 15) is 22.8 Å². The minimum Gasteiger partial charge on any atom is -0.378 e. The van der Waals surface area contributed by atoms with Crippen LogP contribution >= 0.6 is 0 Å². The highest BCUT2D eigenvalue weighted by Crippen LogP contribution is 2.38. The number of para-hydroxylation sites is 3. The molecule has 0 spiro atoms. The summed E-state index contributed by atoms with van der Waals surface area (Å²) in [6.07, 6.45) is -4.89. The second-order valence-electron chi connectivity index (χ2n) is 7.10. The average Bonchev–Trinajstić information content (AvgIpc) is 3.01. The monoisotopic (exact) mass is 419 g/mol. The van der Waals surface area contributed by atoms with E-state index in [-0.39, 0.29) is 6.42 Å². The van der Waals surface area contributed by atoms with Gasteiger partial charge in [-0.2, -0.15) is 13.2 Å². The van der Waals surface area contributed by atoms with Crippen LogP contribution in [-0.2, 0) is 20.5 Å². The first-order chi connectivity index (χ1) is 14.4. The first-order valence-electron chi connectivity index (χ1n) is 9.57. The topological polar surface area (TPSA) is 61.9 Å². The number of amides is 2. The molecule has 0 radical (unpaired) electrons. The van der Waals surface area contributed by atoms with Crippen molar-refractivity contribution in [2.75, 3.05) is 41.4 Å². The quantitative estimate of drug-likeness (QED) is 0.771. The van der Waals surface area contributed by atoms with Gasteiger partial charge in [0.15, 0.2) is 0 Å². The molecular weight excluding hydrogens is 399 g/mol. The SMILES string of the molecule is O=C1C[C@@H](Nc2ccccc2N2CCOCC2)C(=O)N1c1ccccc1C(F)(F)F. The maximum atomic E-state index is 13.4. The van der Waals surface area contributed by atoms with Crippen LogP contribution < -0.4 is 15.1 Å². The van der Waals surface area contributed by atoms with Crippen LogP contribution in [0.4, 0.5) is 30.2 Å². The summed E-state index contributed by atoms with van der Waals surface area (Å²) in [5.41, 5.74) is 0.0542. The normalized spacial score (nSPS) is 20.0. The zero-order valence-corrected chi connectivity index (χ0v) is 16.0. The van der Waals surface area contributed by atoms with E-state index in [1.165, 1.54) is 12.1 Å². The summed E-state index contributed by atoms with van der Waals surface area (Å²) in [5, 5.41) is 3.07. The Morgan fingerprint density at radius 1 is 0.933 bits per heavy atom. The summed E-state index contributed by atoms with van der Waals surface area (Å²) in [6, 6.07) is 11.0. The van der Waals surface area contributed by atoms with E-state index in [1.807, 2.05) is 12.1 Å². The number of halogens is 3. The largest absolute Gasteiger partial charge is 0.418 e. The van der Waals surface area contributed by atoms with Crippen molar-refractivity contribution in [3.05, 3.63) is 54.1 Å². The molecule has 2 aromatic carbocycles. The summed E-state index contributed by atoms with van der Waals surface area (Å²) in [5.74, 6) is -1.37. The highest BCUT2D eigenvalue weighted by molar-refractivity contribution is 6.23. The lowest BCUT2D eigenvalue weighted by Gasteiger charge is -2.31. The van der Waals surface area contributed by atoms with Crippen molar-refractivity contribution in [2.24, 2.45) is 0 Å².